The first-order valence-corrected chi connectivity index (χ1v) is 4.66. The van der Waals surface area contributed by atoms with Gasteiger partial charge in [-0.05, 0) is 17.7 Å². The maximum atomic E-state index is 12.8. The van der Waals surface area contributed by atoms with Crippen LogP contribution in [0.3, 0.4) is 0 Å². The third kappa shape index (κ3) is 1.96. The first kappa shape index (κ1) is 11.1. The molecule has 0 aliphatic rings. The molecule has 1 aromatic carbocycles. The number of benzene rings is 1. The number of halogens is 1. The number of methoxy groups -OCH3 is 1. The van der Waals surface area contributed by atoms with Gasteiger partial charge < -0.3 is 14.4 Å². The van der Waals surface area contributed by atoms with Crippen molar-refractivity contribution >= 4 is 5.97 Å². The van der Waals surface area contributed by atoms with Gasteiger partial charge in [-0.2, -0.15) is 0 Å². The van der Waals surface area contributed by atoms with Gasteiger partial charge >= 0.3 is 11.9 Å². The van der Waals surface area contributed by atoms with Crippen molar-refractivity contribution in [2.24, 2.45) is 0 Å². The fourth-order valence-electron chi connectivity index (χ4n) is 1.43. The van der Waals surface area contributed by atoms with Crippen LogP contribution < -0.4 is 4.74 Å². The summed E-state index contributed by atoms with van der Waals surface area (Å²) < 4.78 is 22.4. The second-order valence-corrected chi connectivity index (χ2v) is 3.21. The lowest BCUT2D eigenvalue weighted by Gasteiger charge is -2.01. The van der Waals surface area contributed by atoms with Crippen molar-refractivity contribution in [3.05, 3.63) is 35.8 Å². The number of nitrogens with zero attached hydrogens (tertiary/aromatic N) is 1. The molecule has 0 unspecified atom stereocenters. The van der Waals surface area contributed by atoms with Crippen LogP contribution in [-0.2, 0) is 0 Å². The Hall–Kier alpha value is -2.37. The van der Waals surface area contributed by atoms with Crippen LogP contribution in [0.5, 0.6) is 5.95 Å². The minimum atomic E-state index is -1.24. The van der Waals surface area contributed by atoms with Gasteiger partial charge in [-0.25, -0.2) is 9.18 Å². The Morgan fingerprint density at radius 2 is 2.06 bits per heavy atom. The molecule has 5 nitrogen and oxygen atoms in total. The van der Waals surface area contributed by atoms with E-state index in [9.17, 15) is 9.18 Å². The van der Waals surface area contributed by atoms with Crippen molar-refractivity contribution in [1.29, 1.82) is 0 Å². The van der Waals surface area contributed by atoms with Crippen LogP contribution >= 0.6 is 0 Å². The van der Waals surface area contributed by atoms with E-state index in [0.29, 0.717) is 5.56 Å². The molecule has 0 spiro atoms. The van der Waals surface area contributed by atoms with Crippen molar-refractivity contribution in [3.8, 4) is 17.1 Å². The SMILES string of the molecule is COc1onc(C(=O)O)c1-c1ccc(F)cc1. The third-order valence-electron chi connectivity index (χ3n) is 2.18. The molecule has 0 fully saturated rings. The number of hydrogen-bond donors (Lipinski definition) is 1. The molecule has 0 bridgehead atoms. The van der Waals surface area contributed by atoms with Crippen molar-refractivity contribution in [1.82, 2.24) is 5.16 Å². The van der Waals surface area contributed by atoms with Gasteiger partial charge in [0.25, 0.3) is 0 Å². The summed E-state index contributed by atoms with van der Waals surface area (Å²) >= 11 is 0. The molecule has 1 heterocycles. The molecule has 88 valence electrons. The number of ether oxygens (including phenoxy) is 1. The van der Waals surface area contributed by atoms with Crippen molar-refractivity contribution in [2.45, 2.75) is 0 Å². The van der Waals surface area contributed by atoms with Crippen LogP contribution in [0, 0.1) is 5.82 Å². The number of aromatic nitrogens is 1. The van der Waals surface area contributed by atoms with Gasteiger partial charge in [-0.15, -0.1) is 0 Å². The fraction of sp³-hybridized carbons (Fsp3) is 0.0909. The van der Waals surface area contributed by atoms with E-state index in [0.717, 1.165) is 0 Å². The molecule has 0 amide bonds. The van der Waals surface area contributed by atoms with Gasteiger partial charge in [0, 0.05) is 0 Å². The quantitative estimate of drug-likeness (QED) is 0.885. The Morgan fingerprint density at radius 3 is 2.59 bits per heavy atom. The smallest absolute Gasteiger partial charge is 0.358 e. The molecule has 6 heteroatoms. The summed E-state index contributed by atoms with van der Waals surface area (Å²) in [6, 6.07) is 5.29. The molecule has 17 heavy (non-hydrogen) atoms. The van der Waals surface area contributed by atoms with E-state index in [1.54, 1.807) is 0 Å². The molecule has 0 atom stereocenters. The second-order valence-electron chi connectivity index (χ2n) is 3.21. The zero-order valence-electron chi connectivity index (χ0n) is 8.81. The minimum Gasteiger partial charge on any atom is -0.476 e. The predicted octanol–water partition coefficient (Wildman–Crippen LogP) is 2.19. The zero-order chi connectivity index (χ0) is 12.4. The largest absolute Gasteiger partial charge is 0.476 e. The molecule has 0 saturated heterocycles. The Labute approximate surface area is 95.4 Å². The van der Waals surface area contributed by atoms with E-state index in [4.69, 9.17) is 14.4 Å². The molecule has 0 saturated carbocycles. The Bertz CT molecular complexity index is 547. The summed E-state index contributed by atoms with van der Waals surface area (Å²) in [7, 11) is 1.33. The summed E-state index contributed by atoms with van der Waals surface area (Å²) in [5.74, 6) is -1.67. The van der Waals surface area contributed by atoms with Gasteiger partial charge in [0.2, 0.25) is 5.69 Å². The number of aromatic carboxylic acids is 1. The monoisotopic (exact) mass is 237 g/mol. The summed E-state index contributed by atoms with van der Waals surface area (Å²) in [4.78, 5) is 10.9. The van der Waals surface area contributed by atoms with Crippen LogP contribution in [-0.4, -0.2) is 23.3 Å². The van der Waals surface area contributed by atoms with E-state index in [-0.39, 0.29) is 17.2 Å². The van der Waals surface area contributed by atoms with Gasteiger partial charge in [-0.3, -0.25) is 0 Å². The lowest BCUT2D eigenvalue weighted by Crippen LogP contribution is -1.99. The zero-order valence-corrected chi connectivity index (χ0v) is 8.81. The molecule has 2 aromatic rings. The van der Waals surface area contributed by atoms with E-state index >= 15 is 0 Å². The Balaban J connectivity index is 2.59. The number of rotatable bonds is 3. The summed E-state index contributed by atoms with van der Waals surface area (Å²) in [5, 5.41) is 12.3. The number of carboxylic acid groups (broad SMARTS) is 1. The molecule has 1 aromatic heterocycles. The third-order valence-corrected chi connectivity index (χ3v) is 2.18. The molecular weight excluding hydrogens is 229 g/mol. The van der Waals surface area contributed by atoms with Crippen molar-refractivity contribution < 1.29 is 23.6 Å². The van der Waals surface area contributed by atoms with Gasteiger partial charge in [0.1, 0.15) is 11.4 Å². The standard InChI is InChI=1S/C11H8FNO4/c1-16-11-8(9(10(14)15)13-17-11)6-2-4-7(12)5-3-6/h2-5H,1H3,(H,14,15). The molecule has 0 aliphatic heterocycles. The first-order valence-electron chi connectivity index (χ1n) is 4.66. The predicted molar refractivity (Wildman–Crippen MR) is 55.4 cm³/mol. The van der Waals surface area contributed by atoms with Crippen LogP contribution in [0.1, 0.15) is 10.5 Å². The lowest BCUT2D eigenvalue weighted by atomic mass is 10.1. The number of hydrogen-bond acceptors (Lipinski definition) is 4. The number of carbonyl (C=O) groups is 1. The van der Waals surface area contributed by atoms with Crippen LogP contribution in [0.2, 0.25) is 0 Å². The van der Waals surface area contributed by atoms with Crippen LogP contribution in [0.4, 0.5) is 4.39 Å². The van der Waals surface area contributed by atoms with Gasteiger partial charge in [-0.1, -0.05) is 17.3 Å². The van der Waals surface area contributed by atoms with Crippen LogP contribution in [0.25, 0.3) is 11.1 Å². The highest BCUT2D eigenvalue weighted by molar-refractivity contribution is 5.95. The molecule has 0 aliphatic carbocycles. The number of carboxylic acids is 1. The van der Waals surface area contributed by atoms with E-state index in [1.165, 1.54) is 31.4 Å². The van der Waals surface area contributed by atoms with Crippen LogP contribution in [0.15, 0.2) is 28.8 Å². The van der Waals surface area contributed by atoms with E-state index in [2.05, 4.69) is 5.16 Å². The minimum absolute atomic E-state index is 0.0194. The second kappa shape index (κ2) is 4.25. The summed E-state index contributed by atoms with van der Waals surface area (Å²) in [6.07, 6.45) is 0. The fourth-order valence-corrected chi connectivity index (χ4v) is 1.43. The van der Waals surface area contributed by atoms with E-state index < -0.39 is 11.8 Å². The molecule has 1 N–H and O–H groups in total. The van der Waals surface area contributed by atoms with Gasteiger partial charge in [0.15, 0.2) is 0 Å². The average Bonchev–Trinajstić information content (AvgIpc) is 2.73. The highest BCUT2D eigenvalue weighted by atomic mass is 19.1. The lowest BCUT2D eigenvalue weighted by molar-refractivity contribution is 0.0686. The summed E-state index contributed by atoms with van der Waals surface area (Å²) in [6.45, 7) is 0. The highest BCUT2D eigenvalue weighted by Gasteiger charge is 2.23. The molecular formula is C11H8FNO4. The van der Waals surface area contributed by atoms with Crippen molar-refractivity contribution in [3.63, 3.8) is 0 Å². The average molecular weight is 237 g/mol. The normalized spacial score (nSPS) is 10.2. The van der Waals surface area contributed by atoms with Gasteiger partial charge in [0.05, 0.1) is 7.11 Å². The van der Waals surface area contributed by atoms with Crippen molar-refractivity contribution in [2.75, 3.05) is 7.11 Å². The summed E-state index contributed by atoms with van der Waals surface area (Å²) in [5.41, 5.74) is 0.385. The Kier molecular flexibility index (Phi) is 2.78. The molecule has 2 rings (SSSR count). The maximum absolute atomic E-state index is 12.8. The first-order chi connectivity index (χ1) is 8.13. The highest BCUT2D eigenvalue weighted by Crippen LogP contribution is 2.33. The molecule has 0 radical (unpaired) electrons. The maximum Gasteiger partial charge on any atom is 0.358 e. The topological polar surface area (TPSA) is 72.6 Å². The Morgan fingerprint density at radius 1 is 1.41 bits per heavy atom. The van der Waals surface area contributed by atoms with E-state index in [1.807, 2.05) is 0 Å².